The fourth-order valence-electron chi connectivity index (χ4n) is 1.54. The summed E-state index contributed by atoms with van der Waals surface area (Å²) in [5, 5.41) is 21.6. The summed E-state index contributed by atoms with van der Waals surface area (Å²) in [5.74, 6) is -2.82. The SMILES string of the molecule is COC(CNC(=O)c1ccc(F)c([N+](=O)[O-])c1)CC(=O)O. The van der Waals surface area contributed by atoms with Crippen LogP contribution in [0.2, 0.25) is 0 Å². The minimum absolute atomic E-state index is 0.0905. The molecule has 9 heteroatoms. The van der Waals surface area contributed by atoms with Gasteiger partial charge in [-0.15, -0.1) is 0 Å². The maximum absolute atomic E-state index is 13.1. The Morgan fingerprint density at radius 2 is 2.19 bits per heavy atom. The first kappa shape index (κ1) is 16.5. The molecule has 0 spiro atoms. The molecule has 0 aliphatic heterocycles. The summed E-state index contributed by atoms with van der Waals surface area (Å²) in [6.45, 7) is -0.0905. The van der Waals surface area contributed by atoms with Gasteiger partial charge < -0.3 is 15.2 Å². The number of methoxy groups -OCH3 is 1. The van der Waals surface area contributed by atoms with Crippen molar-refractivity contribution in [2.45, 2.75) is 12.5 Å². The number of ether oxygens (including phenoxy) is 1. The van der Waals surface area contributed by atoms with Crippen molar-refractivity contribution >= 4 is 17.6 Å². The number of carboxylic acid groups (broad SMARTS) is 1. The second-order valence-corrected chi connectivity index (χ2v) is 4.09. The number of halogens is 1. The fraction of sp³-hybridized carbons (Fsp3) is 0.333. The maximum atomic E-state index is 13.1. The highest BCUT2D eigenvalue weighted by molar-refractivity contribution is 5.94. The predicted octanol–water partition coefficient (Wildman–Crippen LogP) is 0.953. The molecular formula is C12H13FN2O6. The first-order chi connectivity index (χ1) is 9.85. The fourth-order valence-corrected chi connectivity index (χ4v) is 1.54. The molecule has 0 aliphatic rings. The Morgan fingerprint density at radius 3 is 2.71 bits per heavy atom. The van der Waals surface area contributed by atoms with Gasteiger partial charge in [0.1, 0.15) is 0 Å². The van der Waals surface area contributed by atoms with Gasteiger partial charge in [-0.1, -0.05) is 0 Å². The maximum Gasteiger partial charge on any atom is 0.306 e. The van der Waals surface area contributed by atoms with Crippen LogP contribution in [0.25, 0.3) is 0 Å². The molecule has 21 heavy (non-hydrogen) atoms. The van der Waals surface area contributed by atoms with Crippen LogP contribution < -0.4 is 5.32 Å². The van der Waals surface area contributed by atoms with Crippen molar-refractivity contribution in [1.29, 1.82) is 0 Å². The lowest BCUT2D eigenvalue weighted by Crippen LogP contribution is -2.34. The Hall–Kier alpha value is -2.55. The van der Waals surface area contributed by atoms with Gasteiger partial charge in [0.05, 0.1) is 17.4 Å². The zero-order valence-electron chi connectivity index (χ0n) is 11.0. The molecule has 1 amide bonds. The summed E-state index contributed by atoms with van der Waals surface area (Å²) in [4.78, 5) is 32.0. The zero-order chi connectivity index (χ0) is 16.0. The van der Waals surface area contributed by atoms with E-state index in [4.69, 9.17) is 9.84 Å². The molecule has 1 aromatic rings. The minimum Gasteiger partial charge on any atom is -0.481 e. The van der Waals surface area contributed by atoms with E-state index >= 15 is 0 Å². The van der Waals surface area contributed by atoms with Crippen molar-refractivity contribution in [3.05, 3.63) is 39.7 Å². The number of carbonyl (C=O) groups is 2. The van der Waals surface area contributed by atoms with E-state index < -0.39 is 34.4 Å². The second kappa shape index (κ2) is 7.29. The van der Waals surface area contributed by atoms with E-state index in [1.165, 1.54) is 7.11 Å². The number of nitro benzene ring substituents is 1. The molecule has 1 aromatic carbocycles. The molecule has 1 rings (SSSR count). The Kier molecular flexibility index (Phi) is 5.73. The van der Waals surface area contributed by atoms with Crippen LogP contribution in [0.5, 0.6) is 0 Å². The molecule has 0 bridgehead atoms. The lowest BCUT2D eigenvalue weighted by atomic mass is 10.1. The summed E-state index contributed by atoms with van der Waals surface area (Å²) >= 11 is 0. The van der Waals surface area contributed by atoms with Crippen LogP contribution in [0.15, 0.2) is 18.2 Å². The normalized spacial score (nSPS) is 11.7. The molecule has 0 saturated carbocycles. The summed E-state index contributed by atoms with van der Waals surface area (Å²) in [5.41, 5.74) is -0.912. The number of hydrogen-bond donors (Lipinski definition) is 2. The van der Waals surface area contributed by atoms with Crippen molar-refractivity contribution in [2.24, 2.45) is 0 Å². The summed E-state index contributed by atoms with van der Waals surface area (Å²) in [6.07, 6.45) is -1.04. The van der Waals surface area contributed by atoms with E-state index in [2.05, 4.69) is 5.32 Å². The van der Waals surface area contributed by atoms with Gasteiger partial charge in [-0.25, -0.2) is 0 Å². The molecule has 1 unspecified atom stereocenters. The van der Waals surface area contributed by atoms with E-state index in [0.717, 1.165) is 18.2 Å². The largest absolute Gasteiger partial charge is 0.481 e. The Morgan fingerprint density at radius 1 is 1.52 bits per heavy atom. The molecule has 0 saturated heterocycles. The highest BCUT2D eigenvalue weighted by atomic mass is 19.1. The second-order valence-electron chi connectivity index (χ2n) is 4.09. The zero-order valence-corrected chi connectivity index (χ0v) is 11.0. The summed E-state index contributed by atoms with van der Waals surface area (Å²) < 4.78 is 18.0. The lowest BCUT2D eigenvalue weighted by molar-refractivity contribution is -0.387. The third kappa shape index (κ3) is 4.80. The smallest absolute Gasteiger partial charge is 0.306 e. The average Bonchev–Trinajstić information content (AvgIpc) is 2.42. The van der Waals surface area contributed by atoms with E-state index in [1.807, 2.05) is 0 Å². The molecule has 2 N–H and O–H groups in total. The Bertz CT molecular complexity index is 563. The van der Waals surface area contributed by atoms with Crippen LogP contribution in [0.1, 0.15) is 16.8 Å². The molecule has 0 aliphatic carbocycles. The van der Waals surface area contributed by atoms with Gasteiger partial charge >= 0.3 is 11.7 Å². The molecule has 0 heterocycles. The van der Waals surface area contributed by atoms with Crippen LogP contribution in [0.4, 0.5) is 10.1 Å². The van der Waals surface area contributed by atoms with Gasteiger partial charge in [0.15, 0.2) is 0 Å². The van der Waals surface area contributed by atoms with Crippen molar-refractivity contribution in [1.82, 2.24) is 5.32 Å². The summed E-state index contributed by atoms with van der Waals surface area (Å²) in [6, 6.07) is 2.72. The van der Waals surface area contributed by atoms with Gasteiger partial charge in [0.25, 0.3) is 5.91 Å². The van der Waals surface area contributed by atoms with E-state index in [9.17, 15) is 24.1 Å². The first-order valence-electron chi connectivity index (χ1n) is 5.82. The van der Waals surface area contributed by atoms with Gasteiger partial charge in [0, 0.05) is 25.3 Å². The van der Waals surface area contributed by atoms with E-state index in [1.54, 1.807) is 0 Å². The molecule has 1 atom stereocenters. The van der Waals surface area contributed by atoms with Gasteiger partial charge in [-0.05, 0) is 12.1 Å². The van der Waals surface area contributed by atoms with Gasteiger partial charge in [-0.3, -0.25) is 19.7 Å². The molecule has 0 radical (unpaired) electrons. The number of aliphatic carboxylic acids is 1. The van der Waals surface area contributed by atoms with Crippen molar-refractivity contribution in [2.75, 3.05) is 13.7 Å². The quantitative estimate of drug-likeness (QED) is 0.571. The molecule has 8 nitrogen and oxygen atoms in total. The monoisotopic (exact) mass is 300 g/mol. The molecule has 0 aromatic heterocycles. The molecule has 0 fully saturated rings. The van der Waals surface area contributed by atoms with Gasteiger partial charge in [-0.2, -0.15) is 4.39 Å². The number of nitrogens with one attached hydrogen (secondary N) is 1. The number of nitro groups is 1. The molecular weight excluding hydrogens is 287 g/mol. The predicted molar refractivity (Wildman–Crippen MR) is 68.4 cm³/mol. The van der Waals surface area contributed by atoms with E-state index in [-0.39, 0.29) is 18.5 Å². The third-order valence-corrected chi connectivity index (χ3v) is 2.63. The number of carbonyl (C=O) groups excluding carboxylic acids is 1. The van der Waals surface area contributed by atoms with Crippen LogP contribution in [-0.4, -0.2) is 41.7 Å². The van der Waals surface area contributed by atoms with Crippen molar-refractivity contribution < 1.29 is 28.7 Å². The number of amides is 1. The minimum atomic E-state index is -1.09. The van der Waals surface area contributed by atoms with Crippen LogP contribution in [0, 0.1) is 15.9 Å². The Labute approximate surface area is 118 Å². The topological polar surface area (TPSA) is 119 Å². The van der Waals surface area contributed by atoms with Crippen LogP contribution in [0.3, 0.4) is 0 Å². The highest BCUT2D eigenvalue weighted by Gasteiger charge is 2.19. The molecule has 114 valence electrons. The van der Waals surface area contributed by atoms with Crippen molar-refractivity contribution in [3.8, 4) is 0 Å². The number of benzene rings is 1. The Balaban J connectivity index is 2.74. The van der Waals surface area contributed by atoms with E-state index in [0.29, 0.717) is 0 Å². The number of nitrogens with zero attached hydrogens (tertiary/aromatic N) is 1. The number of carboxylic acids is 1. The average molecular weight is 300 g/mol. The first-order valence-corrected chi connectivity index (χ1v) is 5.82. The van der Waals surface area contributed by atoms with Crippen LogP contribution >= 0.6 is 0 Å². The van der Waals surface area contributed by atoms with Gasteiger partial charge in [0.2, 0.25) is 5.82 Å². The van der Waals surface area contributed by atoms with Crippen LogP contribution in [-0.2, 0) is 9.53 Å². The summed E-state index contributed by atoms with van der Waals surface area (Å²) in [7, 11) is 1.29. The number of rotatable bonds is 7. The third-order valence-electron chi connectivity index (χ3n) is 2.63. The standard InChI is InChI=1S/C12H13FN2O6/c1-21-8(5-11(16)17)6-14-12(18)7-2-3-9(13)10(4-7)15(19)20/h2-4,8H,5-6H2,1H3,(H,14,18)(H,16,17). The number of hydrogen-bond acceptors (Lipinski definition) is 5. The lowest BCUT2D eigenvalue weighted by Gasteiger charge is -2.13. The van der Waals surface area contributed by atoms with Crippen molar-refractivity contribution in [3.63, 3.8) is 0 Å². The highest BCUT2D eigenvalue weighted by Crippen LogP contribution is 2.18.